The number of carbonyl (C=O) groups is 4. The van der Waals surface area contributed by atoms with Crippen LogP contribution in [0.1, 0.15) is 47.5 Å². The zero-order valence-corrected chi connectivity index (χ0v) is 16.0. The summed E-state index contributed by atoms with van der Waals surface area (Å²) in [6.45, 7) is 8.77. The summed E-state index contributed by atoms with van der Waals surface area (Å²) in [6, 6.07) is 0. The SMILES string of the molecule is CCC(C)C(=O)[PH](C(=O)O)(C(=O)O)C(=O)NPNC(C)(C)CC. The molecule has 0 aliphatic heterocycles. The van der Waals surface area contributed by atoms with Gasteiger partial charge in [0, 0.05) is 0 Å². The number of amides is 1. The van der Waals surface area contributed by atoms with Crippen LogP contribution < -0.4 is 10.2 Å². The van der Waals surface area contributed by atoms with Crippen molar-refractivity contribution in [2.45, 2.75) is 53.0 Å². The molecule has 0 aromatic rings. The number of hydrogen-bond acceptors (Lipinski definition) is 5. The summed E-state index contributed by atoms with van der Waals surface area (Å²) < 4.78 is 0. The average Bonchev–Trinajstić information content (AvgIpc) is 2.45. The molecule has 0 saturated heterocycles. The molecule has 0 aromatic carbocycles. The molecule has 10 heteroatoms. The summed E-state index contributed by atoms with van der Waals surface area (Å²) >= 11 is 0. The van der Waals surface area contributed by atoms with Crippen molar-refractivity contribution in [3.63, 3.8) is 0 Å². The molecule has 23 heavy (non-hydrogen) atoms. The number of hydrogen-bond donors (Lipinski definition) is 4. The van der Waals surface area contributed by atoms with E-state index in [1.54, 1.807) is 6.92 Å². The maximum absolute atomic E-state index is 12.4. The molecule has 0 bridgehead atoms. The number of carboxylic acid groups (broad SMARTS) is 2. The molecule has 4 N–H and O–H groups in total. The van der Waals surface area contributed by atoms with Gasteiger partial charge in [-0.15, -0.1) is 0 Å². The fourth-order valence-corrected chi connectivity index (χ4v) is 5.39. The van der Waals surface area contributed by atoms with Gasteiger partial charge in [0.1, 0.15) is 0 Å². The summed E-state index contributed by atoms with van der Waals surface area (Å²) in [7, 11) is -5.31. The second-order valence-corrected chi connectivity index (χ2v) is 10.0. The van der Waals surface area contributed by atoms with Crippen LogP contribution in [-0.2, 0) is 4.79 Å². The van der Waals surface area contributed by atoms with Crippen molar-refractivity contribution in [1.29, 1.82) is 0 Å². The zero-order chi connectivity index (χ0) is 18.4. The van der Waals surface area contributed by atoms with Gasteiger partial charge in [0.25, 0.3) is 0 Å². The van der Waals surface area contributed by atoms with Crippen LogP contribution in [0.4, 0.5) is 14.4 Å². The number of nitrogens with one attached hydrogen (secondary N) is 2. The van der Waals surface area contributed by atoms with E-state index in [9.17, 15) is 29.4 Å². The Labute approximate surface area is 138 Å². The van der Waals surface area contributed by atoms with Crippen molar-refractivity contribution < 1.29 is 29.4 Å². The van der Waals surface area contributed by atoms with Crippen LogP contribution in [0.3, 0.4) is 0 Å². The predicted octanol–water partition coefficient (Wildman–Crippen LogP) is 3.66. The first-order chi connectivity index (χ1) is 10.5. The Kier molecular flexibility index (Phi) is 8.25. The Bertz CT molecular complexity index is 481. The van der Waals surface area contributed by atoms with E-state index in [0.29, 0.717) is 0 Å². The van der Waals surface area contributed by atoms with Crippen molar-refractivity contribution in [3.05, 3.63) is 0 Å². The fraction of sp³-hybridized carbons (Fsp3) is 0.692. The van der Waals surface area contributed by atoms with E-state index in [0.717, 1.165) is 6.42 Å². The van der Waals surface area contributed by atoms with E-state index >= 15 is 0 Å². The van der Waals surface area contributed by atoms with Crippen molar-refractivity contribution in [3.8, 4) is 0 Å². The first kappa shape index (κ1) is 21.9. The van der Waals surface area contributed by atoms with Crippen LogP contribution in [0.5, 0.6) is 0 Å². The molecule has 0 rings (SSSR count). The summed E-state index contributed by atoms with van der Waals surface area (Å²) in [5.41, 5.74) is -6.17. The van der Waals surface area contributed by atoms with Gasteiger partial charge in [0.15, 0.2) is 0 Å². The minimum absolute atomic E-state index is 0.269. The van der Waals surface area contributed by atoms with Crippen molar-refractivity contribution in [2.75, 3.05) is 0 Å². The Morgan fingerprint density at radius 2 is 1.61 bits per heavy atom. The first-order valence-corrected chi connectivity index (χ1v) is 10.3. The first-order valence-electron chi connectivity index (χ1n) is 7.31. The van der Waals surface area contributed by atoms with E-state index in [1.165, 1.54) is 6.92 Å². The second-order valence-electron chi connectivity index (χ2n) is 5.98. The Balaban J connectivity index is 5.46. The molecule has 2 atom stereocenters. The van der Waals surface area contributed by atoms with Crippen molar-refractivity contribution in [1.82, 2.24) is 10.2 Å². The molecule has 1 amide bonds. The van der Waals surface area contributed by atoms with Crippen molar-refractivity contribution in [2.24, 2.45) is 5.92 Å². The van der Waals surface area contributed by atoms with Gasteiger partial charge in [-0.3, -0.25) is 0 Å². The average molecular weight is 368 g/mol. The molecule has 0 radical (unpaired) electrons. The van der Waals surface area contributed by atoms with E-state index in [1.807, 2.05) is 20.8 Å². The van der Waals surface area contributed by atoms with Crippen LogP contribution in [-0.4, -0.2) is 38.3 Å². The molecule has 0 fully saturated rings. The predicted molar refractivity (Wildman–Crippen MR) is 93.2 cm³/mol. The van der Waals surface area contributed by atoms with Gasteiger partial charge < -0.3 is 0 Å². The Morgan fingerprint density at radius 1 is 1.13 bits per heavy atom. The van der Waals surface area contributed by atoms with E-state index in [-0.39, 0.29) is 20.8 Å². The topological polar surface area (TPSA) is 133 Å². The molecular weight excluding hydrogens is 342 g/mol. The third-order valence-electron chi connectivity index (χ3n) is 3.87. The number of carbonyl (C=O) groups excluding carboxylic acids is 2. The molecule has 0 heterocycles. The van der Waals surface area contributed by atoms with Gasteiger partial charge in [-0.2, -0.15) is 0 Å². The molecule has 134 valence electrons. The van der Waals surface area contributed by atoms with Gasteiger partial charge in [0.2, 0.25) is 0 Å². The van der Waals surface area contributed by atoms with E-state index in [2.05, 4.69) is 10.2 Å². The molecular formula is C13H26N2O6P2. The molecule has 8 nitrogen and oxygen atoms in total. The van der Waals surface area contributed by atoms with Gasteiger partial charge in [-0.1, -0.05) is 0 Å². The summed E-state index contributed by atoms with van der Waals surface area (Å²) in [4.78, 5) is 47.8. The fourth-order valence-electron chi connectivity index (χ4n) is 1.60. The molecule has 2 unspecified atom stereocenters. The monoisotopic (exact) mass is 368 g/mol. The molecule has 0 aromatic heterocycles. The Morgan fingerprint density at radius 3 is 1.96 bits per heavy atom. The molecule has 0 aliphatic carbocycles. The normalized spacial score (nSPS) is 14.5. The second kappa shape index (κ2) is 8.67. The van der Waals surface area contributed by atoms with Gasteiger partial charge >= 0.3 is 137 Å². The van der Waals surface area contributed by atoms with Crippen LogP contribution in [0, 0.1) is 5.92 Å². The quantitative estimate of drug-likeness (QED) is 0.432. The Hall–Kier alpha value is -1.10. The van der Waals surface area contributed by atoms with Gasteiger partial charge in [-0.05, 0) is 0 Å². The third kappa shape index (κ3) is 4.93. The molecule has 0 aliphatic rings. The molecule has 0 spiro atoms. The maximum atomic E-state index is 12.4. The van der Waals surface area contributed by atoms with E-state index < -0.39 is 35.8 Å². The summed E-state index contributed by atoms with van der Waals surface area (Å²) in [6.07, 6.45) is 1.02. The summed E-state index contributed by atoms with van der Waals surface area (Å²) in [5.74, 6) is -0.803. The van der Waals surface area contributed by atoms with Crippen LogP contribution in [0.25, 0.3) is 0 Å². The van der Waals surface area contributed by atoms with Gasteiger partial charge in [0.05, 0.1) is 0 Å². The zero-order valence-electron chi connectivity index (χ0n) is 14.0. The van der Waals surface area contributed by atoms with Crippen molar-refractivity contribution >= 4 is 38.7 Å². The van der Waals surface area contributed by atoms with Crippen LogP contribution in [0.2, 0.25) is 0 Å². The van der Waals surface area contributed by atoms with E-state index in [4.69, 9.17) is 0 Å². The van der Waals surface area contributed by atoms with Crippen LogP contribution >= 0.6 is 16.1 Å². The minimum atomic E-state index is -4.94. The van der Waals surface area contributed by atoms with Crippen LogP contribution in [0.15, 0.2) is 0 Å². The molecule has 0 saturated carbocycles. The summed E-state index contributed by atoms with van der Waals surface area (Å²) in [5, 5.41) is 24.0. The van der Waals surface area contributed by atoms with Gasteiger partial charge in [-0.25, -0.2) is 0 Å². The third-order valence-corrected chi connectivity index (χ3v) is 8.60. The standard InChI is InChI=1S/C13H26N2O6P2/c1-6-8(3)9(16)23(11(18)19,12(20)21)10(17)14-22-15-13(4,5)7-2/h8,15,22-23H,6-7H2,1-5H3,(H,14,17)(H,18,19)(H,20,21). The number of rotatable bonds is 10.